The maximum atomic E-state index is 11.2. The molecule has 2 heterocycles. The summed E-state index contributed by atoms with van der Waals surface area (Å²) in [5, 5.41) is 9.25. The first kappa shape index (κ1) is 23.9. The number of pyridine rings is 1. The molecule has 3 rings (SSSR count). The van der Waals surface area contributed by atoms with Crippen molar-refractivity contribution >= 4 is 11.7 Å². The van der Waals surface area contributed by atoms with Gasteiger partial charge in [-0.15, -0.1) is 0 Å². The average molecular weight is 441 g/mol. The minimum absolute atomic E-state index is 0.224. The molecule has 32 heavy (non-hydrogen) atoms. The molecule has 0 amide bonds. The van der Waals surface area contributed by atoms with Crippen molar-refractivity contribution in [2.75, 3.05) is 31.2 Å². The molecule has 174 valence electrons. The van der Waals surface area contributed by atoms with E-state index in [1.54, 1.807) is 0 Å². The molecular formula is C26H36N2O4. The van der Waals surface area contributed by atoms with Crippen molar-refractivity contribution < 1.29 is 19.4 Å². The molecule has 0 atom stereocenters. The summed E-state index contributed by atoms with van der Waals surface area (Å²) < 4.78 is 11.8. The summed E-state index contributed by atoms with van der Waals surface area (Å²) in [7, 11) is 0. The Morgan fingerprint density at radius 3 is 2.38 bits per heavy atom. The lowest BCUT2D eigenvalue weighted by molar-refractivity contribution is -0.142. The van der Waals surface area contributed by atoms with Gasteiger partial charge >= 0.3 is 5.97 Å². The molecule has 0 aliphatic carbocycles. The summed E-state index contributed by atoms with van der Waals surface area (Å²) >= 11 is 0. The van der Waals surface area contributed by atoms with Crippen molar-refractivity contribution in [2.45, 2.75) is 59.3 Å². The highest BCUT2D eigenvalue weighted by atomic mass is 16.5. The van der Waals surface area contributed by atoms with Crippen molar-refractivity contribution in [3.8, 4) is 22.9 Å². The van der Waals surface area contributed by atoms with Crippen molar-refractivity contribution in [1.82, 2.24) is 4.98 Å². The van der Waals surface area contributed by atoms with Crippen LogP contribution in [0, 0.1) is 12.8 Å². The molecule has 0 spiro atoms. The number of anilines is 1. The zero-order valence-electron chi connectivity index (χ0n) is 19.6. The minimum Gasteiger partial charge on any atom is -0.481 e. The second-order valence-corrected chi connectivity index (χ2v) is 8.51. The maximum absolute atomic E-state index is 11.2. The Labute approximate surface area is 191 Å². The van der Waals surface area contributed by atoms with Crippen molar-refractivity contribution in [1.29, 1.82) is 0 Å². The van der Waals surface area contributed by atoms with Crippen LogP contribution in [0.5, 0.6) is 11.8 Å². The quantitative estimate of drug-likeness (QED) is 0.451. The molecule has 1 saturated heterocycles. The average Bonchev–Trinajstić information content (AvgIpc) is 2.80. The molecule has 0 bridgehead atoms. The van der Waals surface area contributed by atoms with Crippen LogP contribution in [-0.2, 0) is 4.79 Å². The fourth-order valence-corrected chi connectivity index (χ4v) is 4.01. The molecule has 6 nitrogen and oxygen atoms in total. The molecule has 1 aromatic carbocycles. The first-order valence-electron chi connectivity index (χ1n) is 11.9. The number of aryl methyl sites for hydroxylation is 1. The molecular weight excluding hydrogens is 404 g/mol. The van der Waals surface area contributed by atoms with E-state index in [1.165, 1.54) is 11.3 Å². The van der Waals surface area contributed by atoms with Gasteiger partial charge in [0.05, 0.1) is 19.1 Å². The highest BCUT2D eigenvalue weighted by Crippen LogP contribution is 2.34. The summed E-state index contributed by atoms with van der Waals surface area (Å²) in [6.07, 6.45) is 5.50. The van der Waals surface area contributed by atoms with Crippen LogP contribution in [-0.4, -0.2) is 42.4 Å². The van der Waals surface area contributed by atoms with Gasteiger partial charge in [0.2, 0.25) is 11.8 Å². The number of unbranched alkanes of at least 4 members (excludes halogenated alkanes) is 2. The van der Waals surface area contributed by atoms with Crippen LogP contribution in [0.25, 0.3) is 11.1 Å². The Balaban J connectivity index is 1.79. The number of ether oxygens (including phenoxy) is 2. The molecule has 1 N–H and O–H groups in total. The Hall–Kier alpha value is -2.76. The number of hydrogen-bond donors (Lipinski definition) is 1. The first-order valence-corrected chi connectivity index (χ1v) is 11.9. The predicted molar refractivity (Wildman–Crippen MR) is 128 cm³/mol. The van der Waals surface area contributed by atoms with Crippen LogP contribution in [0.4, 0.5) is 5.69 Å². The SMILES string of the molecule is CCCCOc1ccc(-c2ccc(N3CCC(C(=O)O)CC3)c(C)c2)c(OCCCC)n1. The van der Waals surface area contributed by atoms with Crippen molar-refractivity contribution in [3.05, 3.63) is 35.9 Å². The maximum Gasteiger partial charge on any atom is 0.306 e. The molecule has 0 radical (unpaired) electrons. The summed E-state index contributed by atoms with van der Waals surface area (Å²) in [5.74, 6) is 0.310. The number of rotatable bonds is 11. The van der Waals surface area contributed by atoms with Gasteiger partial charge in [-0.3, -0.25) is 4.79 Å². The van der Waals surface area contributed by atoms with E-state index in [-0.39, 0.29) is 5.92 Å². The number of piperidine rings is 1. The molecule has 2 aromatic rings. The smallest absolute Gasteiger partial charge is 0.306 e. The number of carbonyl (C=O) groups is 1. The van der Waals surface area contributed by atoms with Crippen LogP contribution in [0.1, 0.15) is 57.9 Å². The Morgan fingerprint density at radius 2 is 1.75 bits per heavy atom. The Bertz CT molecular complexity index is 891. The predicted octanol–water partition coefficient (Wildman–Crippen LogP) is 5.72. The van der Waals surface area contributed by atoms with Crippen LogP contribution >= 0.6 is 0 Å². The van der Waals surface area contributed by atoms with Gasteiger partial charge in [0.1, 0.15) is 0 Å². The standard InChI is InChI=1S/C26H36N2O4/c1-4-6-16-31-24-11-9-22(25(27-24)32-17-7-5-2)21-8-10-23(19(3)18-21)28-14-12-20(13-15-28)26(29)30/h8-11,18,20H,4-7,12-17H2,1-3H3,(H,29,30). The van der Waals surface area contributed by atoms with Gasteiger partial charge in [-0.05, 0) is 61.9 Å². The van der Waals surface area contributed by atoms with Crippen LogP contribution in [0.15, 0.2) is 30.3 Å². The van der Waals surface area contributed by atoms with E-state index in [2.05, 4.69) is 48.9 Å². The van der Waals surface area contributed by atoms with Gasteiger partial charge in [-0.25, -0.2) is 0 Å². The molecule has 6 heteroatoms. The van der Waals surface area contributed by atoms with Gasteiger partial charge in [0.15, 0.2) is 0 Å². The van der Waals surface area contributed by atoms with Gasteiger partial charge in [0, 0.05) is 30.4 Å². The van der Waals surface area contributed by atoms with E-state index < -0.39 is 5.97 Å². The third kappa shape index (κ3) is 6.15. The van der Waals surface area contributed by atoms with Gasteiger partial charge in [-0.2, -0.15) is 4.98 Å². The van der Waals surface area contributed by atoms with Gasteiger partial charge < -0.3 is 19.5 Å². The van der Waals surface area contributed by atoms with E-state index in [0.29, 0.717) is 37.8 Å². The lowest BCUT2D eigenvalue weighted by Crippen LogP contribution is -2.36. The van der Waals surface area contributed by atoms with Gasteiger partial charge in [-0.1, -0.05) is 32.8 Å². The van der Waals surface area contributed by atoms with Crippen LogP contribution in [0.3, 0.4) is 0 Å². The molecule has 1 aliphatic rings. The second-order valence-electron chi connectivity index (χ2n) is 8.51. The number of hydrogen-bond acceptors (Lipinski definition) is 5. The van der Waals surface area contributed by atoms with Crippen molar-refractivity contribution in [2.24, 2.45) is 5.92 Å². The highest BCUT2D eigenvalue weighted by molar-refractivity contribution is 5.73. The van der Waals surface area contributed by atoms with Gasteiger partial charge in [0.25, 0.3) is 0 Å². The zero-order chi connectivity index (χ0) is 22.9. The molecule has 1 fully saturated rings. The minimum atomic E-state index is -0.679. The topological polar surface area (TPSA) is 71.9 Å². The lowest BCUT2D eigenvalue weighted by atomic mass is 9.95. The van der Waals surface area contributed by atoms with Crippen LogP contribution in [0.2, 0.25) is 0 Å². The fourth-order valence-electron chi connectivity index (χ4n) is 4.01. The Kier molecular flexibility index (Phi) is 8.77. The molecule has 0 saturated carbocycles. The monoisotopic (exact) mass is 440 g/mol. The number of carboxylic acid groups (broad SMARTS) is 1. The fraction of sp³-hybridized carbons (Fsp3) is 0.538. The number of benzene rings is 1. The second kappa shape index (κ2) is 11.7. The normalized spacial score (nSPS) is 14.4. The van der Waals surface area contributed by atoms with Crippen molar-refractivity contribution in [3.63, 3.8) is 0 Å². The highest BCUT2D eigenvalue weighted by Gasteiger charge is 2.25. The van der Waals surface area contributed by atoms with E-state index in [4.69, 9.17) is 9.47 Å². The first-order chi connectivity index (χ1) is 15.5. The summed E-state index contributed by atoms with van der Waals surface area (Å²) in [6, 6.07) is 10.3. The number of carboxylic acids is 1. The van der Waals surface area contributed by atoms with E-state index in [1.807, 2.05) is 12.1 Å². The summed E-state index contributed by atoms with van der Waals surface area (Å²) in [5.41, 5.74) is 4.35. The van der Waals surface area contributed by atoms with Crippen LogP contribution < -0.4 is 14.4 Å². The zero-order valence-corrected chi connectivity index (χ0v) is 19.6. The number of aromatic nitrogens is 1. The third-order valence-corrected chi connectivity index (χ3v) is 6.01. The Morgan fingerprint density at radius 1 is 1.06 bits per heavy atom. The lowest BCUT2D eigenvalue weighted by Gasteiger charge is -2.33. The number of nitrogens with zero attached hydrogens (tertiary/aromatic N) is 2. The summed E-state index contributed by atoms with van der Waals surface area (Å²) in [4.78, 5) is 18.2. The van der Waals surface area contributed by atoms with E-state index in [9.17, 15) is 9.90 Å². The molecule has 1 aliphatic heterocycles. The van der Waals surface area contributed by atoms with E-state index >= 15 is 0 Å². The molecule has 0 unspecified atom stereocenters. The number of aliphatic carboxylic acids is 1. The summed E-state index contributed by atoms with van der Waals surface area (Å²) in [6.45, 7) is 9.22. The largest absolute Gasteiger partial charge is 0.481 e. The molecule has 1 aromatic heterocycles. The third-order valence-electron chi connectivity index (χ3n) is 6.01. The van der Waals surface area contributed by atoms with E-state index in [0.717, 1.165) is 49.9 Å².